The number of ether oxygens (including phenoxy) is 1. The summed E-state index contributed by atoms with van der Waals surface area (Å²) in [6.07, 6.45) is 2.23. The van der Waals surface area contributed by atoms with Crippen molar-refractivity contribution in [2.75, 3.05) is 11.9 Å². The van der Waals surface area contributed by atoms with E-state index in [0.29, 0.717) is 5.88 Å². The minimum absolute atomic E-state index is 0.136. The number of pyridine rings is 1. The summed E-state index contributed by atoms with van der Waals surface area (Å²) in [5, 5.41) is 4.27. The van der Waals surface area contributed by atoms with Gasteiger partial charge in [0.15, 0.2) is 0 Å². The van der Waals surface area contributed by atoms with Crippen LogP contribution in [0.15, 0.2) is 6.07 Å². The van der Waals surface area contributed by atoms with Gasteiger partial charge in [0.05, 0.1) is 12.1 Å². The second kappa shape index (κ2) is 12.5. The van der Waals surface area contributed by atoms with Gasteiger partial charge in [-0.2, -0.15) is 0 Å². The average molecular weight is 349 g/mol. The van der Waals surface area contributed by atoms with Crippen LogP contribution in [0.25, 0.3) is 10.9 Å². The first-order chi connectivity index (χ1) is 12.2. The van der Waals surface area contributed by atoms with Gasteiger partial charge in [0.2, 0.25) is 5.88 Å². The smallest absolute Gasteiger partial charge is 0.227 e. The van der Waals surface area contributed by atoms with Gasteiger partial charge in [-0.1, -0.05) is 54.9 Å². The monoisotopic (exact) mass is 348 g/mol. The molecule has 0 radical (unpaired) electrons. The number of aryl methyl sites for hydroxylation is 2. The molecule has 3 heterocycles. The van der Waals surface area contributed by atoms with E-state index in [-0.39, 0.29) is 6.10 Å². The number of hydrogen-bond donors (Lipinski definition) is 1. The van der Waals surface area contributed by atoms with Crippen molar-refractivity contribution in [2.45, 2.75) is 81.3 Å². The summed E-state index contributed by atoms with van der Waals surface area (Å²) in [5.41, 5.74) is 1.82. The van der Waals surface area contributed by atoms with E-state index in [1.54, 1.807) is 0 Å². The van der Waals surface area contributed by atoms with Crippen LogP contribution in [0.5, 0.6) is 5.88 Å². The molecule has 0 saturated carbocycles. The van der Waals surface area contributed by atoms with Crippen molar-refractivity contribution < 1.29 is 4.74 Å². The molecular formula is C20H36N4O. The molecular weight excluding hydrogens is 312 g/mol. The van der Waals surface area contributed by atoms with Crippen molar-refractivity contribution in [3.63, 3.8) is 0 Å². The summed E-state index contributed by atoms with van der Waals surface area (Å²) in [6, 6.07) is 1.97. The van der Waals surface area contributed by atoms with Gasteiger partial charge in [0, 0.05) is 5.69 Å². The highest BCUT2D eigenvalue weighted by atomic mass is 16.5. The number of aromatic nitrogens is 3. The van der Waals surface area contributed by atoms with Crippen LogP contribution >= 0.6 is 0 Å². The summed E-state index contributed by atoms with van der Waals surface area (Å²) >= 11 is 0. The Labute approximate surface area is 153 Å². The van der Waals surface area contributed by atoms with E-state index in [9.17, 15) is 0 Å². The van der Waals surface area contributed by atoms with Crippen molar-refractivity contribution >= 4 is 16.7 Å². The Morgan fingerprint density at radius 2 is 1.68 bits per heavy atom. The molecule has 0 saturated heterocycles. The Balaban J connectivity index is 0.000000871. The zero-order valence-electron chi connectivity index (χ0n) is 17.5. The number of hydrogen-bond acceptors (Lipinski definition) is 5. The third-order valence-corrected chi connectivity index (χ3v) is 3.27. The maximum absolute atomic E-state index is 6.04. The van der Waals surface area contributed by atoms with Crippen molar-refractivity contribution in [2.24, 2.45) is 0 Å². The fourth-order valence-corrected chi connectivity index (χ4v) is 2.46. The standard InChI is InChI=1S/C14H18N4O.3C2H6/c1-4-5-10-7-15-13-12-11(17-9(3)18-13)6-8(2)16-14(12)19-10;3*1-2/h6,10H,4-5,7H2,1-3H3,(H,15,17,18);3*1-2H3. The highest BCUT2D eigenvalue weighted by Crippen LogP contribution is 2.32. The third kappa shape index (κ3) is 6.15. The molecule has 1 aliphatic heterocycles. The molecule has 142 valence electrons. The first kappa shape index (κ1) is 23.1. The molecule has 2 aromatic rings. The van der Waals surface area contributed by atoms with Crippen LogP contribution in [0, 0.1) is 13.8 Å². The molecule has 5 nitrogen and oxygen atoms in total. The highest BCUT2D eigenvalue weighted by molar-refractivity contribution is 5.94. The van der Waals surface area contributed by atoms with Crippen LogP contribution < -0.4 is 10.1 Å². The second-order valence-corrected chi connectivity index (χ2v) is 4.99. The predicted molar refractivity (Wildman–Crippen MR) is 109 cm³/mol. The largest absolute Gasteiger partial charge is 0.472 e. The number of rotatable bonds is 2. The quantitative estimate of drug-likeness (QED) is 0.755. The molecule has 1 aliphatic rings. The van der Waals surface area contributed by atoms with Crippen molar-refractivity contribution in [3.8, 4) is 5.88 Å². The van der Waals surface area contributed by atoms with Crippen LogP contribution in [0.2, 0.25) is 0 Å². The van der Waals surface area contributed by atoms with Gasteiger partial charge in [0.1, 0.15) is 23.1 Å². The van der Waals surface area contributed by atoms with Gasteiger partial charge >= 0.3 is 0 Å². The van der Waals surface area contributed by atoms with E-state index in [1.165, 1.54) is 0 Å². The topological polar surface area (TPSA) is 59.9 Å². The van der Waals surface area contributed by atoms with E-state index in [1.807, 2.05) is 61.5 Å². The lowest BCUT2D eigenvalue weighted by molar-refractivity contribution is 0.199. The molecule has 25 heavy (non-hydrogen) atoms. The molecule has 1 N–H and O–H groups in total. The van der Waals surface area contributed by atoms with Gasteiger partial charge in [0.25, 0.3) is 0 Å². The van der Waals surface area contributed by atoms with Crippen molar-refractivity contribution in [1.29, 1.82) is 0 Å². The molecule has 0 bridgehead atoms. The molecule has 0 aromatic carbocycles. The van der Waals surface area contributed by atoms with Gasteiger partial charge in [-0.25, -0.2) is 15.0 Å². The first-order valence-corrected chi connectivity index (χ1v) is 9.74. The maximum Gasteiger partial charge on any atom is 0.227 e. The van der Waals surface area contributed by atoms with E-state index in [0.717, 1.165) is 47.6 Å². The Hall–Kier alpha value is -1.91. The normalized spacial score (nSPS) is 14.2. The molecule has 1 atom stereocenters. The number of nitrogens with zero attached hydrogens (tertiary/aromatic N) is 3. The van der Waals surface area contributed by atoms with Gasteiger partial charge in [-0.05, 0) is 26.3 Å². The van der Waals surface area contributed by atoms with Gasteiger partial charge in [-0.3, -0.25) is 0 Å². The predicted octanol–water partition coefficient (Wildman–Crippen LogP) is 5.69. The molecule has 0 spiro atoms. The minimum atomic E-state index is 0.136. The lowest BCUT2D eigenvalue weighted by atomic mass is 10.2. The highest BCUT2D eigenvalue weighted by Gasteiger charge is 2.21. The van der Waals surface area contributed by atoms with Crippen molar-refractivity contribution in [1.82, 2.24) is 15.0 Å². The molecule has 3 rings (SSSR count). The Morgan fingerprint density at radius 3 is 2.28 bits per heavy atom. The molecule has 2 aromatic heterocycles. The zero-order chi connectivity index (χ0) is 19.4. The SMILES string of the molecule is CC.CC.CC.CCCC1CNc2nc(C)nc3cc(C)nc(c23)O1. The Bertz CT molecular complexity index is 623. The summed E-state index contributed by atoms with van der Waals surface area (Å²) in [7, 11) is 0. The summed E-state index contributed by atoms with van der Waals surface area (Å²) in [6.45, 7) is 18.8. The van der Waals surface area contributed by atoms with Crippen LogP contribution in [0.4, 0.5) is 5.82 Å². The zero-order valence-corrected chi connectivity index (χ0v) is 17.5. The fraction of sp³-hybridized carbons (Fsp3) is 0.650. The Morgan fingerprint density at radius 1 is 1.04 bits per heavy atom. The van der Waals surface area contributed by atoms with E-state index in [2.05, 4.69) is 27.2 Å². The number of nitrogens with one attached hydrogen (secondary N) is 1. The lowest BCUT2D eigenvalue weighted by Gasteiger charge is -2.15. The second-order valence-electron chi connectivity index (χ2n) is 4.99. The third-order valence-electron chi connectivity index (χ3n) is 3.27. The summed E-state index contributed by atoms with van der Waals surface area (Å²) in [4.78, 5) is 13.5. The van der Waals surface area contributed by atoms with E-state index in [4.69, 9.17) is 4.74 Å². The van der Waals surface area contributed by atoms with Crippen LogP contribution in [0.1, 0.15) is 72.8 Å². The molecule has 1 unspecified atom stereocenters. The fourth-order valence-electron chi connectivity index (χ4n) is 2.46. The van der Waals surface area contributed by atoms with E-state index >= 15 is 0 Å². The average Bonchev–Trinajstić information content (AvgIpc) is 2.80. The van der Waals surface area contributed by atoms with Crippen LogP contribution in [-0.4, -0.2) is 27.6 Å². The van der Waals surface area contributed by atoms with Crippen molar-refractivity contribution in [3.05, 3.63) is 17.6 Å². The van der Waals surface area contributed by atoms with Gasteiger partial charge < -0.3 is 10.1 Å². The minimum Gasteiger partial charge on any atom is -0.472 e. The maximum atomic E-state index is 6.04. The van der Waals surface area contributed by atoms with Crippen LogP contribution in [0.3, 0.4) is 0 Å². The molecule has 5 heteroatoms. The summed E-state index contributed by atoms with van der Waals surface area (Å²) in [5.74, 6) is 2.26. The molecule has 0 fully saturated rings. The molecule has 0 amide bonds. The van der Waals surface area contributed by atoms with E-state index < -0.39 is 0 Å². The molecule has 0 aliphatic carbocycles. The number of anilines is 1. The van der Waals surface area contributed by atoms with Crippen LogP contribution in [-0.2, 0) is 0 Å². The lowest BCUT2D eigenvalue weighted by Crippen LogP contribution is -2.24. The first-order valence-electron chi connectivity index (χ1n) is 9.74. The summed E-state index contributed by atoms with van der Waals surface area (Å²) < 4.78 is 6.04. The Kier molecular flexibility index (Phi) is 11.5. The van der Waals surface area contributed by atoms with Gasteiger partial charge in [-0.15, -0.1) is 0 Å².